The highest BCUT2D eigenvalue weighted by Gasteiger charge is 2.53. The molecule has 0 aromatic heterocycles. The number of fused-ring (bicyclic) bond motifs is 1. The summed E-state index contributed by atoms with van der Waals surface area (Å²) in [5, 5.41) is 2.17. The Labute approximate surface area is 183 Å². The predicted molar refractivity (Wildman–Crippen MR) is 115 cm³/mol. The van der Waals surface area contributed by atoms with Gasteiger partial charge in [-0.2, -0.15) is 0 Å². The maximum absolute atomic E-state index is 13.3. The van der Waals surface area contributed by atoms with Crippen LogP contribution in [0.4, 0.5) is 0 Å². The van der Waals surface area contributed by atoms with E-state index >= 15 is 0 Å². The molecule has 154 valence electrons. The first-order valence-corrected chi connectivity index (χ1v) is 11.0. The summed E-state index contributed by atoms with van der Waals surface area (Å²) >= 11 is 7.55. The lowest BCUT2D eigenvalue weighted by Gasteiger charge is -2.49. The highest BCUT2D eigenvalue weighted by atomic mass is 35.5. The van der Waals surface area contributed by atoms with E-state index in [-0.39, 0.29) is 22.9 Å². The Hall–Kier alpha value is -2.77. The number of carbonyl (C=O) groups is 3. The minimum absolute atomic E-state index is 0.112. The molecule has 0 aliphatic carbocycles. The second-order valence-electron chi connectivity index (χ2n) is 6.86. The summed E-state index contributed by atoms with van der Waals surface area (Å²) in [6.07, 6.45) is -0.127. The summed E-state index contributed by atoms with van der Waals surface area (Å²) in [7, 11) is 0. The molecule has 2 aliphatic rings. The number of esters is 1. The van der Waals surface area contributed by atoms with Gasteiger partial charge >= 0.3 is 5.97 Å². The Morgan fingerprint density at radius 1 is 1.17 bits per heavy atom. The molecule has 0 saturated carbocycles. The number of β-lactam (4-membered cyclic amide) rings is 1. The van der Waals surface area contributed by atoms with Crippen molar-refractivity contribution in [1.29, 1.82) is 0 Å². The third kappa shape index (κ3) is 3.70. The summed E-state index contributed by atoms with van der Waals surface area (Å²) in [6, 6.07) is 18.2. The van der Waals surface area contributed by atoms with Gasteiger partial charge in [0.25, 0.3) is 5.91 Å². The molecule has 2 amide bonds. The predicted octanol–water partition coefficient (Wildman–Crippen LogP) is 2.84. The van der Waals surface area contributed by atoms with E-state index in [0.717, 1.165) is 11.1 Å². The molecule has 6 nitrogen and oxygen atoms in total. The highest BCUT2D eigenvalue weighted by molar-refractivity contribution is 8.00. The number of nitrogens with one attached hydrogen (secondary N) is 1. The number of carbonyl (C=O) groups excluding carboxylic acids is 3. The molecular weight excluding hydrogens is 424 g/mol. The van der Waals surface area contributed by atoms with Gasteiger partial charge in [-0.25, -0.2) is 4.79 Å². The van der Waals surface area contributed by atoms with Crippen molar-refractivity contribution in [3.05, 3.63) is 83.1 Å². The van der Waals surface area contributed by atoms with Gasteiger partial charge in [-0.15, -0.1) is 23.4 Å². The van der Waals surface area contributed by atoms with Gasteiger partial charge in [0.1, 0.15) is 17.1 Å². The Kier molecular flexibility index (Phi) is 6.11. The summed E-state index contributed by atoms with van der Waals surface area (Å²) < 4.78 is 5.94. The van der Waals surface area contributed by atoms with Crippen molar-refractivity contribution in [2.45, 2.75) is 17.5 Å². The monoisotopic (exact) mass is 442 g/mol. The average molecular weight is 443 g/mol. The second-order valence-corrected chi connectivity index (χ2v) is 8.24. The van der Waals surface area contributed by atoms with Gasteiger partial charge in [0, 0.05) is 11.6 Å². The van der Waals surface area contributed by atoms with Crippen LogP contribution in [-0.2, 0) is 19.1 Å². The number of hydrogen-bond donors (Lipinski definition) is 1. The van der Waals surface area contributed by atoms with Crippen LogP contribution in [0.5, 0.6) is 0 Å². The molecule has 4 rings (SSSR count). The number of benzene rings is 2. The lowest BCUT2D eigenvalue weighted by atomic mass is 10.0. The molecular formula is C22H19ClN2O4S. The van der Waals surface area contributed by atoms with Crippen molar-refractivity contribution in [2.75, 3.05) is 11.6 Å². The summed E-state index contributed by atoms with van der Waals surface area (Å²) in [5.74, 6) is -0.349. The Balaban J connectivity index is 1.65. The lowest BCUT2D eigenvalue weighted by Crippen LogP contribution is -2.69. The minimum atomic E-state index is -0.647. The number of ether oxygens (including phenoxy) is 1. The van der Waals surface area contributed by atoms with Crippen LogP contribution in [0.25, 0.3) is 0 Å². The molecule has 0 spiro atoms. The van der Waals surface area contributed by atoms with Crippen LogP contribution in [0.3, 0.4) is 0 Å². The first-order valence-electron chi connectivity index (χ1n) is 9.39. The molecule has 1 N–H and O–H groups in total. The molecule has 0 bridgehead atoms. The molecule has 0 unspecified atom stereocenters. The van der Waals surface area contributed by atoms with Gasteiger partial charge in [-0.05, 0) is 16.7 Å². The maximum atomic E-state index is 13.3. The van der Waals surface area contributed by atoms with E-state index in [1.165, 1.54) is 16.7 Å². The largest absolute Gasteiger partial charge is 0.448 e. The molecule has 1 saturated heterocycles. The summed E-state index contributed by atoms with van der Waals surface area (Å²) in [4.78, 5) is 38.1. The molecule has 0 radical (unpaired) electrons. The van der Waals surface area contributed by atoms with Crippen LogP contribution in [0.2, 0.25) is 0 Å². The zero-order valence-corrected chi connectivity index (χ0v) is 17.4. The van der Waals surface area contributed by atoms with Crippen molar-refractivity contribution in [3.8, 4) is 0 Å². The van der Waals surface area contributed by atoms with Gasteiger partial charge in [0.2, 0.25) is 6.41 Å². The maximum Gasteiger partial charge on any atom is 0.356 e. The lowest BCUT2D eigenvalue weighted by molar-refractivity contribution is -0.154. The van der Waals surface area contributed by atoms with Crippen LogP contribution in [0.1, 0.15) is 17.2 Å². The number of thioether (sulfide) groups is 1. The number of alkyl halides is 1. The van der Waals surface area contributed by atoms with Crippen LogP contribution < -0.4 is 5.32 Å². The zero-order valence-electron chi connectivity index (χ0n) is 15.9. The topological polar surface area (TPSA) is 75.7 Å². The van der Waals surface area contributed by atoms with Gasteiger partial charge < -0.3 is 10.1 Å². The third-order valence-electron chi connectivity index (χ3n) is 5.08. The smallest absolute Gasteiger partial charge is 0.356 e. The molecule has 2 atom stereocenters. The van der Waals surface area contributed by atoms with Crippen LogP contribution in [0, 0.1) is 0 Å². The molecule has 2 aromatic rings. The molecule has 2 heterocycles. The van der Waals surface area contributed by atoms with E-state index in [4.69, 9.17) is 16.3 Å². The van der Waals surface area contributed by atoms with Crippen LogP contribution >= 0.6 is 23.4 Å². The third-order valence-corrected chi connectivity index (χ3v) is 6.74. The Bertz CT molecular complexity index is 944. The number of hydrogen-bond acceptors (Lipinski definition) is 5. The number of nitrogens with zero attached hydrogens (tertiary/aromatic N) is 1. The van der Waals surface area contributed by atoms with E-state index in [1.807, 2.05) is 60.7 Å². The fourth-order valence-corrected chi connectivity index (χ4v) is 5.31. The first-order chi connectivity index (χ1) is 14.7. The fourth-order valence-electron chi connectivity index (χ4n) is 3.62. The molecule has 2 aliphatic heterocycles. The quantitative estimate of drug-likeness (QED) is 0.309. The van der Waals surface area contributed by atoms with Crippen LogP contribution in [-0.4, -0.2) is 46.2 Å². The van der Waals surface area contributed by atoms with E-state index < -0.39 is 18.1 Å². The molecule has 1 fully saturated rings. The van der Waals surface area contributed by atoms with Gasteiger partial charge in [-0.3, -0.25) is 14.5 Å². The zero-order chi connectivity index (χ0) is 21.1. The van der Waals surface area contributed by atoms with Gasteiger partial charge in [0.15, 0.2) is 6.10 Å². The summed E-state index contributed by atoms with van der Waals surface area (Å²) in [5.41, 5.74) is 2.46. The van der Waals surface area contributed by atoms with Crippen molar-refractivity contribution < 1.29 is 19.1 Å². The molecule has 2 aromatic carbocycles. The van der Waals surface area contributed by atoms with E-state index in [9.17, 15) is 14.4 Å². The van der Waals surface area contributed by atoms with Crippen molar-refractivity contribution >= 4 is 41.6 Å². The second kappa shape index (κ2) is 8.93. The number of rotatable bonds is 7. The Morgan fingerprint density at radius 3 is 2.30 bits per heavy atom. The first kappa shape index (κ1) is 20.5. The Morgan fingerprint density at radius 2 is 1.77 bits per heavy atom. The van der Waals surface area contributed by atoms with E-state index in [2.05, 4.69) is 5.32 Å². The fraction of sp³-hybridized carbons (Fsp3) is 0.227. The minimum Gasteiger partial charge on any atom is -0.448 e. The molecule has 8 heteroatoms. The van der Waals surface area contributed by atoms with Crippen molar-refractivity contribution in [1.82, 2.24) is 10.2 Å². The number of amides is 2. The number of halogens is 1. The SMILES string of the molecule is O=CN[C@@H]1C(=O)N2C(C(=O)OC(c3ccccc3)c3ccccc3)=C(CCl)CS[C@@H]12. The van der Waals surface area contributed by atoms with Gasteiger partial charge in [-0.1, -0.05) is 60.7 Å². The van der Waals surface area contributed by atoms with Crippen molar-refractivity contribution in [2.24, 2.45) is 0 Å². The normalized spacial score (nSPS) is 20.5. The highest BCUT2D eigenvalue weighted by Crippen LogP contribution is 2.41. The van der Waals surface area contributed by atoms with Crippen LogP contribution in [0.15, 0.2) is 71.9 Å². The van der Waals surface area contributed by atoms with E-state index in [0.29, 0.717) is 17.7 Å². The van der Waals surface area contributed by atoms with Gasteiger partial charge in [0.05, 0.1) is 0 Å². The molecule has 30 heavy (non-hydrogen) atoms. The average Bonchev–Trinajstić information content (AvgIpc) is 2.80. The van der Waals surface area contributed by atoms with Crippen molar-refractivity contribution in [3.63, 3.8) is 0 Å². The summed E-state index contributed by atoms with van der Waals surface area (Å²) in [6.45, 7) is 0. The van der Waals surface area contributed by atoms with E-state index in [1.54, 1.807) is 0 Å². The standard InChI is InChI=1S/C22H19ClN2O4S/c23-11-16-12-30-21-17(24-13-26)20(27)25(21)18(16)22(28)29-19(14-7-3-1-4-8-14)15-9-5-2-6-10-15/h1-10,13,17,19,21H,11-12H2,(H,24,26)/t17-,21+/m1/s1.